The van der Waals surface area contributed by atoms with Crippen LogP contribution in [0.15, 0.2) is 6.20 Å². The van der Waals surface area contributed by atoms with Crippen molar-refractivity contribution in [2.45, 2.75) is 45.2 Å². The predicted molar refractivity (Wildman–Crippen MR) is 52.5 cm³/mol. The molecule has 2 rings (SSSR count). The summed E-state index contributed by atoms with van der Waals surface area (Å²) in [5.74, 6) is 1.04. The molecule has 0 fully saturated rings. The fourth-order valence-corrected chi connectivity index (χ4v) is 2.15. The van der Waals surface area contributed by atoms with Gasteiger partial charge in [-0.15, -0.1) is 0 Å². The lowest BCUT2D eigenvalue weighted by molar-refractivity contribution is 0.411. The summed E-state index contributed by atoms with van der Waals surface area (Å²) < 4.78 is 2.31. The smallest absolute Gasteiger partial charge is 0.125 e. The van der Waals surface area contributed by atoms with Crippen molar-refractivity contribution in [3.05, 3.63) is 17.7 Å². The largest absolute Gasteiger partial charge is 0.328 e. The average molecular weight is 179 g/mol. The van der Waals surface area contributed by atoms with E-state index in [0.29, 0.717) is 6.04 Å². The summed E-state index contributed by atoms with van der Waals surface area (Å²) >= 11 is 0. The van der Waals surface area contributed by atoms with Gasteiger partial charge in [-0.3, -0.25) is 0 Å². The average Bonchev–Trinajstić information content (AvgIpc) is 2.49. The van der Waals surface area contributed by atoms with Crippen molar-refractivity contribution < 1.29 is 0 Å². The van der Waals surface area contributed by atoms with Crippen LogP contribution in [-0.2, 0) is 6.42 Å². The fourth-order valence-electron chi connectivity index (χ4n) is 2.15. The first-order chi connectivity index (χ1) is 6.20. The summed E-state index contributed by atoms with van der Waals surface area (Å²) in [7, 11) is 0. The van der Waals surface area contributed by atoms with Gasteiger partial charge in [0.05, 0.1) is 6.04 Å². The monoisotopic (exact) mass is 179 g/mol. The molecule has 2 N–H and O–H groups in total. The Morgan fingerprint density at radius 3 is 3.15 bits per heavy atom. The molecule has 1 aliphatic rings. The van der Waals surface area contributed by atoms with Gasteiger partial charge >= 0.3 is 0 Å². The standard InChI is InChI=1S/C10H17N3/c1-7-4-3-5-9-6-12-10(8(2)11)13(7)9/h6-8H,3-5,11H2,1-2H3. The van der Waals surface area contributed by atoms with Gasteiger partial charge in [-0.25, -0.2) is 4.98 Å². The Kier molecular flexibility index (Phi) is 2.12. The van der Waals surface area contributed by atoms with Crippen LogP contribution in [0, 0.1) is 0 Å². The third-order valence-electron chi connectivity index (χ3n) is 2.80. The molecule has 0 saturated heterocycles. The molecule has 0 aromatic carbocycles. The molecular formula is C10H17N3. The molecule has 1 aromatic heterocycles. The number of fused-ring (bicyclic) bond motifs is 1. The number of hydrogen-bond acceptors (Lipinski definition) is 2. The Hall–Kier alpha value is -0.830. The molecule has 72 valence electrons. The number of hydrogen-bond donors (Lipinski definition) is 1. The maximum absolute atomic E-state index is 5.86. The summed E-state index contributed by atoms with van der Waals surface area (Å²) in [5, 5.41) is 0. The summed E-state index contributed by atoms with van der Waals surface area (Å²) in [5.41, 5.74) is 7.21. The molecule has 2 atom stereocenters. The molecular weight excluding hydrogens is 162 g/mol. The van der Waals surface area contributed by atoms with Crippen molar-refractivity contribution in [2.24, 2.45) is 5.73 Å². The highest BCUT2D eigenvalue weighted by atomic mass is 15.1. The molecule has 0 bridgehead atoms. The first-order valence-electron chi connectivity index (χ1n) is 5.01. The molecule has 2 unspecified atom stereocenters. The van der Waals surface area contributed by atoms with E-state index in [0.717, 1.165) is 12.2 Å². The van der Waals surface area contributed by atoms with Gasteiger partial charge in [0.25, 0.3) is 0 Å². The number of rotatable bonds is 1. The van der Waals surface area contributed by atoms with Crippen LogP contribution < -0.4 is 5.73 Å². The van der Waals surface area contributed by atoms with E-state index in [-0.39, 0.29) is 6.04 Å². The quantitative estimate of drug-likeness (QED) is 0.714. The van der Waals surface area contributed by atoms with Crippen molar-refractivity contribution in [1.29, 1.82) is 0 Å². The van der Waals surface area contributed by atoms with E-state index in [1.54, 1.807) is 0 Å². The minimum Gasteiger partial charge on any atom is -0.328 e. The summed E-state index contributed by atoms with van der Waals surface area (Å²) in [4.78, 5) is 4.39. The first kappa shape index (κ1) is 8.75. The van der Waals surface area contributed by atoms with Gasteiger partial charge < -0.3 is 10.3 Å². The van der Waals surface area contributed by atoms with Crippen molar-refractivity contribution in [3.8, 4) is 0 Å². The van der Waals surface area contributed by atoms with Gasteiger partial charge in [0, 0.05) is 17.9 Å². The molecule has 0 spiro atoms. The highest BCUT2D eigenvalue weighted by molar-refractivity contribution is 5.11. The summed E-state index contributed by atoms with van der Waals surface area (Å²) in [6, 6.07) is 0.626. The molecule has 3 nitrogen and oxygen atoms in total. The summed E-state index contributed by atoms with van der Waals surface area (Å²) in [6.07, 6.45) is 5.67. The van der Waals surface area contributed by atoms with Crippen molar-refractivity contribution in [2.75, 3.05) is 0 Å². The maximum Gasteiger partial charge on any atom is 0.125 e. The van der Waals surface area contributed by atoms with Gasteiger partial charge in [0.1, 0.15) is 5.82 Å². The van der Waals surface area contributed by atoms with Gasteiger partial charge in [0.15, 0.2) is 0 Å². The summed E-state index contributed by atoms with van der Waals surface area (Å²) in [6.45, 7) is 4.24. The van der Waals surface area contributed by atoms with E-state index in [9.17, 15) is 0 Å². The Morgan fingerprint density at radius 2 is 2.46 bits per heavy atom. The van der Waals surface area contributed by atoms with Crippen LogP contribution in [0.4, 0.5) is 0 Å². The first-order valence-corrected chi connectivity index (χ1v) is 5.01. The molecule has 0 amide bonds. The van der Waals surface area contributed by atoms with Crippen molar-refractivity contribution in [1.82, 2.24) is 9.55 Å². The van der Waals surface area contributed by atoms with Crippen LogP contribution >= 0.6 is 0 Å². The maximum atomic E-state index is 5.86. The Morgan fingerprint density at radius 1 is 1.69 bits per heavy atom. The topological polar surface area (TPSA) is 43.8 Å². The van der Waals surface area contributed by atoms with Gasteiger partial charge in [-0.1, -0.05) is 0 Å². The van der Waals surface area contributed by atoms with E-state index < -0.39 is 0 Å². The zero-order valence-corrected chi connectivity index (χ0v) is 8.33. The molecule has 3 heteroatoms. The number of aryl methyl sites for hydroxylation is 1. The fraction of sp³-hybridized carbons (Fsp3) is 0.700. The van der Waals surface area contributed by atoms with E-state index in [4.69, 9.17) is 5.73 Å². The minimum absolute atomic E-state index is 0.0503. The van der Waals surface area contributed by atoms with Crippen molar-refractivity contribution >= 4 is 0 Å². The van der Waals surface area contributed by atoms with E-state index in [2.05, 4.69) is 16.5 Å². The SMILES string of the molecule is CC(N)c1ncc2n1C(C)CCC2. The lowest BCUT2D eigenvalue weighted by Gasteiger charge is -2.25. The van der Waals surface area contributed by atoms with Crippen LogP contribution in [-0.4, -0.2) is 9.55 Å². The second-order valence-electron chi connectivity index (χ2n) is 4.01. The number of imidazole rings is 1. The molecule has 13 heavy (non-hydrogen) atoms. The highest BCUT2D eigenvalue weighted by Gasteiger charge is 2.20. The second kappa shape index (κ2) is 3.14. The number of nitrogens with two attached hydrogens (primary N) is 1. The third-order valence-corrected chi connectivity index (χ3v) is 2.80. The highest BCUT2D eigenvalue weighted by Crippen LogP contribution is 2.27. The molecule has 0 saturated carbocycles. The predicted octanol–water partition coefficient (Wildman–Crippen LogP) is 1.80. The Balaban J connectivity index is 2.44. The molecule has 0 aliphatic carbocycles. The van der Waals surface area contributed by atoms with Crippen LogP contribution in [0.25, 0.3) is 0 Å². The molecule has 1 aromatic rings. The van der Waals surface area contributed by atoms with E-state index >= 15 is 0 Å². The number of nitrogens with zero attached hydrogens (tertiary/aromatic N) is 2. The molecule has 1 aliphatic heterocycles. The Bertz CT molecular complexity index is 301. The van der Waals surface area contributed by atoms with Crippen LogP contribution in [0.3, 0.4) is 0 Å². The van der Waals surface area contributed by atoms with Crippen LogP contribution in [0.1, 0.15) is 50.3 Å². The van der Waals surface area contributed by atoms with Gasteiger partial charge in [-0.05, 0) is 33.1 Å². The van der Waals surface area contributed by atoms with Crippen LogP contribution in [0.5, 0.6) is 0 Å². The normalized spacial score (nSPS) is 24.1. The minimum atomic E-state index is 0.0503. The van der Waals surface area contributed by atoms with Gasteiger partial charge in [-0.2, -0.15) is 0 Å². The lowest BCUT2D eigenvalue weighted by Crippen LogP contribution is -2.21. The Labute approximate surface area is 79.0 Å². The second-order valence-corrected chi connectivity index (χ2v) is 4.01. The zero-order valence-electron chi connectivity index (χ0n) is 8.33. The lowest BCUT2D eigenvalue weighted by atomic mass is 10.0. The van der Waals surface area contributed by atoms with Crippen LogP contribution in [0.2, 0.25) is 0 Å². The van der Waals surface area contributed by atoms with E-state index in [1.807, 2.05) is 13.1 Å². The number of aromatic nitrogens is 2. The zero-order chi connectivity index (χ0) is 9.42. The van der Waals surface area contributed by atoms with Gasteiger partial charge in [0.2, 0.25) is 0 Å². The van der Waals surface area contributed by atoms with E-state index in [1.165, 1.54) is 18.5 Å². The molecule has 2 heterocycles. The molecule has 0 radical (unpaired) electrons. The van der Waals surface area contributed by atoms with Crippen molar-refractivity contribution in [3.63, 3.8) is 0 Å². The third kappa shape index (κ3) is 1.37.